The molecule has 0 bridgehead atoms. The largest absolute Gasteiger partial charge is 0.370 e. The minimum absolute atomic E-state index is 0.147. The van der Waals surface area contributed by atoms with E-state index in [0.717, 1.165) is 12.5 Å². The topological polar surface area (TPSA) is 9.23 Å². The van der Waals surface area contributed by atoms with Crippen molar-refractivity contribution < 1.29 is 4.74 Å². The molecule has 2 aliphatic carbocycles. The normalized spacial score (nSPS) is 33.6. The molecule has 21 heavy (non-hydrogen) atoms. The van der Waals surface area contributed by atoms with Crippen LogP contribution in [0.2, 0.25) is 0 Å². The van der Waals surface area contributed by atoms with Crippen LogP contribution in [0.1, 0.15) is 96.3 Å². The van der Waals surface area contributed by atoms with Crippen molar-refractivity contribution in [2.75, 3.05) is 6.61 Å². The lowest BCUT2D eigenvalue weighted by Crippen LogP contribution is -2.44. The Balaban J connectivity index is 1.81. The van der Waals surface area contributed by atoms with Gasteiger partial charge in [0.25, 0.3) is 0 Å². The van der Waals surface area contributed by atoms with Crippen molar-refractivity contribution in [3.05, 3.63) is 11.6 Å². The van der Waals surface area contributed by atoms with Gasteiger partial charge >= 0.3 is 0 Å². The third-order valence-electron chi connectivity index (χ3n) is 6.15. The van der Waals surface area contributed by atoms with Gasteiger partial charge in [-0.2, -0.15) is 0 Å². The maximum absolute atomic E-state index is 6.72. The van der Waals surface area contributed by atoms with Crippen molar-refractivity contribution in [3.8, 4) is 0 Å². The molecule has 0 aromatic rings. The number of allylic oxidation sites excluding steroid dienone is 1. The van der Waals surface area contributed by atoms with Crippen LogP contribution < -0.4 is 0 Å². The van der Waals surface area contributed by atoms with Crippen LogP contribution in [0, 0.1) is 5.92 Å². The fraction of sp³-hybridized carbons (Fsp3) is 0.900. The number of hydrogen-bond donors (Lipinski definition) is 0. The quantitative estimate of drug-likeness (QED) is 0.552. The van der Waals surface area contributed by atoms with E-state index in [1.807, 2.05) is 0 Å². The van der Waals surface area contributed by atoms with Crippen LogP contribution in [0.25, 0.3) is 0 Å². The summed E-state index contributed by atoms with van der Waals surface area (Å²) in [5.74, 6) is 0.806. The van der Waals surface area contributed by atoms with Gasteiger partial charge in [-0.05, 0) is 56.4 Å². The van der Waals surface area contributed by atoms with Gasteiger partial charge in [0.05, 0.1) is 5.60 Å². The molecule has 3 aliphatic rings. The lowest BCUT2D eigenvalue weighted by atomic mass is 9.71. The van der Waals surface area contributed by atoms with E-state index in [-0.39, 0.29) is 5.60 Å². The predicted molar refractivity (Wildman–Crippen MR) is 89.5 cm³/mol. The molecule has 1 saturated carbocycles. The Labute approximate surface area is 131 Å². The summed E-state index contributed by atoms with van der Waals surface area (Å²) < 4.78 is 6.72. The van der Waals surface area contributed by atoms with Crippen LogP contribution in [-0.2, 0) is 4.74 Å². The zero-order valence-corrected chi connectivity index (χ0v) is 13.9. The fourth-order valence-corrected chi connectivity index (χ4v) is 4.98. The van der Waals surface area contributed by atoms with Gasteiger partial charge < -0.3 is 4.74 Å². The molecule has 1 heteroatoms. The Morgan fingerprint density at radius 1 is 0.810 bits per heavy atom. The monoisotopic (exact) mass is 290 g/mol. The van der Waals surface area contributed by atoms with Crippen molar-refractivity contribution in [2.45, 2.75) is 102 Å². The molecule has 1 heterocycles. The van der Waals surface area contributed by atoms with Crippen LogP contribution in [0.15, 0.2) is 11.6 Å². The average Bonchev–Trinajstić information content (AvgIpc) is 2.94. The highest BCUT2D eigenvalue weighted by molar-refractivity contribution is 5.23. The molecule has 0 aromatic heterocycles. The lowest BCUT2D eigenvalue weighted by molar-refractivity contribution is -0.0810. The summed E-state index contributed by atoms with van der Waals surface area (Å²) in [6, 6.07) is 0. The maximum atomic E-state index is 6.72. The Hall–Kier alpha value is -0.300. The number of ether oxygens (including phenoxy) is 1. The van der Waals surface area contributed by atoms with E-state index in [1.54, 1.807) is 5.57 Å². The van der Waals surface area contributed by atoms with Gasteiger partial charge in [0.1, 0.15) is 0 Å². The molecule has 1 nitrogen and oxygen atoms in total. The zero-order chi connectivity index (χ0) is 14.4. The van der Waals surface area contributed by atoms with Crippen LogP contribution >= 0.6 is 0 Å². The fourth-order valence-electron chi connectivity index (χ4n) is 4.98. The van der Waals surface area contributed by atoms with Crippen molar-refractivity contribution in [1.82, 2.24) is 0 Å². The molecular formula is C20H34O. The van der Waals surface area contributed by atoms with E-state index < -0.39 is 0 Å². The summed E-state index contributed by atoms with van der Waals surface area (Å²) in [5.41, 5.74) is 1.85. The molecular weight excluding hydrogens is 256 g/mol. The second-order valence-corrected chi connectivity index (χ2v) is 7.57. The predicted octanol–water partition coefficient (Wildman–Crippen LogP) is 6.18. The molecule has 1 aliphatic heterocycles. The first-order valence-corrected chi connectivity index (χ1v) is 9.75. The minimum atomic E-state index is 0.147. The van der Waals surface area contributed by atoms with Crippen molar-refractivity contribution in [1.29, 1.82) is 0 Å². The molecule has 0 amide bonds. The summed E-state index contributed by atoms with van der Waals surface area (Å²) >= 11 is 0. The number of rotatable bonds is 2. The third kappa shape index (κ3) is 3.73. The molecule has 0 radical (unpaired) electrons. The van der Waals surface area contributed by atoms with Crippen molar-refractivity contribution >= 4 is 0 Å². The Morgan fingerprint density at radius 3 is 2.29 bits per heavy atom. The molecule has 0 aromatic carbocycles. The van der Waals surface area contributed by atoms with Gasteiger partial charge in [0.15, 0.2) is 0 Å². The van der Waals surface area contributed by atoms with E-state index in [9.17, 15) is 0 Å². The molecule has 0 N–H and O–H groups in total. The molecule has 3 rings (SSSR count). The molecule has 1 saturated heterocycles. The van der Waals surface area contributed by atoms with E-state index >= 15 is 0 Å². The Morgan fingerprint density at radius 2 is 1.52 bits per heavy atom. The van der Waals surface area contributed by atoms with Crippen molar-refractivity contribution in [3.63, 3.8) is 0 Å². The van der Waals surface area contributed by atoms with E-state index in [1.165, 1.54) is 96.3 Å². The first-order valence-electron chi connectivity index (χ1n) is 9.75. The average molecular weight is 290 g/mol. The molecule has 1 atom stereocenters. The third-order valence-corrected chi connectivity index (χ3v) is 6.15. The molecule has 120 valence electrons. The Kier molecular flexibility index (Phi) is 5.80. The summed E-state index contributed by atoms with van der Waals surface area (Å²) in [4.78, 5) is 0. The van der Waals surface area contributed by atoms with Gasteiger partial charge in [-0.25, -0.2) is 0 Å². The van der Waals surface area contributed by atoms with Gasteiger partial charge in [-0.3, -0.25) is 0 Å². The maximum Gasteiger partial charge on any atom is 0.0919 e. The second kappa shape index (κ2) is 7.81. The lowest BCUT2D eigenvalue weighted by Gasteiger charge is -2.44. The van der Waals surface area contributed by atoms with Crippen LogP contribution in [0.4, 0.5) is 0 Å². The first kappa shape index (κ1) is 15.6. The second-order valence-electron chi connectivity index (χ2n) is 7.57. The summed E-state index contributed by atoms with van der Waals surface area (Å²) in [6.07, 6.45) is 23.4. The molecule has 2 fully saturated rings. The number of hydrogen-bond acceptors (Lipinski definition) is 1. The van der Waals surface area contributed by atoms with Crippen LogP contribution in [0.5, 0.6) is 0 Å². The smallest absolute Gasteiger partial charge is 0.0919 e. The Bertz CT molecular complexity index is 328. The highest BCUT2D eigenvalue weighted by Gasteiger charge is 2.42. The van der Waals surface area contributed by atoms with E-state index in [4.69, 9.17) is 4.74 Å². The first-order chi connectivity index (χ1) is 10.4. The summed E-state index contributed by atoms with van der Waals surface area (Å²) in [6.45, 7) is 1.01. The molecule has 1 unspecified atom stereocenters. The van der Waals surface area contributed by atoms with E-state index in [2.05, 4.69) is 6.08 Å². The minimum Gasteiger partial charge on any atom is -0.370 e. The van der Waals surface area contributed by atoms with Crippen molar-refractivity contribution in [2.24, 2.45) is 5.92 Å². The van der Waals surface area contributed by atoms with Gasteiger partial charge in [0, 0.05) is 6.61 Å². The standard InChI is InChI=1S/C20H34O/c1-2-6-12-18(13-7-3-1)20(19-14-8-9-15-19)16-10-4-5-11-17-21-20/h14,18H,1-13,15-17H2. The van der Waals surface area contributed by atoms with Gasteiger partial charge in [0.2, 0.25) is 0 Å². The molecule has 0 spiro atoms. The van der Waals surface area contributed by atoms with Crippen LogP contribution in [-0.4, -0.2) is 12.2 Å². The van der Waals surface area contributed by atoms with Gasteiger partial charge in [-0.15, -0.1) is 0 Å². The van der Waals surface area contributed by atoms with Gasteiger partial charge in [-0.1, -0.05) is 57.4 Å². The highest BCUT2D eigenvalue weighted by atomic mass is 16.5. The highest BCUT2D eigenvalue weighted by Crippen LogP contribution is 2.46. The summed E-state index contributed by atoms with van der Waals surface area (Å²) in [7, 11) is 0. The SMILES string of the molecule is C1=C(C2(C3CCCCCCC3)CCCCCCO2)CCC1. The van der Waals surface area contributed by atoms with Crippen LogP contribution in [0.3, 0.4) is 0 Å². The van der Waals surface area contributed by atoms with E-state index in [0.29, 0.717) is 0 Å². The summed E-state index contributed by atoms with van der Waals surface area (Å²) in [5, 5.41) is 0. The zero-order valence-electron chi connectivity index (χ0n) is 13.9.